The van der Waals surface area contributed by atoms with Gasteiger partial charge in [0, 0.05) is 28.7 Å². The van der Waals surface area contributed by atoms with Gasteiger partial charge in [0.05, 0.1) is 23.7 Å². The van der Waals surface area contributed by atoms with Crippen molar-refractivity contribution in [2.45, 2.75) is 13.0 Å². The number of hydrogen-bond donors (Lipinski definition) is 1. The third kappa shape index (κ3) is 3.72. The molecule has 0 bridgehead atoms. The highest BCUT2D eigenvalue weighted by atomic mass is 35.5. The van der Waals surface area contributed by atoms with Gasteiger partial charge in [0.15, 0.2) is 0 Å². The van der Waals surface area contributed by atoms with E-state index in [0.717, 1.165) is 5.56 Å². The maximum Gasteiger partial charge on any atom is 0.300 e. The van der Waals surface area contributed by atoms with Crippen LogP contribution in [0.5, 0.6) is 5.75 Å². The molecule has 1 fully saturated rings. The van der Waals surface area contributed by atoms with E-state index in [1.807, 2.05) is 6.92 Å². The van der Waals surface area contributed by atoms with Gasteiger partial charge in [-0.2, -0.15) is 0 Å². The molecule has 2 aromatic carbocycles. The lowest BCUT2D eigenvalue weighted by molar-refractivity contribution is -0.132. The largest absolute Gasteiger partial charge is 0.507 e. The van der Waals surface area contributed by atoms with Crippen LogP contribution in [-0.2, 0) is 9.59 Å². The number of benzene rings is 2. The monoisotopic (exact) mass is 468 g/mol. The first-order valence-corrected chi connectivity index (χ1v) is 10.4. The van der Waals surface area contributed by atoms with Gasteiger partial charge >= 0.3 is 0 Å². The highest BCUT2D eigenvalue weighted by molar-refractivity contribution is 6.52. The fourth-order valence-corrected chi connectivity index (χ4v) is 4.09. The number of aliphatic hydroxyl groups excluding tert-OH is 1. The van der Waals surface area contributed by atoms with Crippen molar-refractivity contribution in [3.8, 4) is 5.75 Å². The molecular formula is C24H18Cl2N2O4. The average Bonchev–Trinajstić information content (AvgIpc) is 3.06. The van der Waals surface area contributed by atoms with Gasteiger partial charge in [0.1, 0.15) is 11.5 Å². The lowest BCUT2D eigenvalue weighted by Crippen LogP contribution is -2.29. The summed E-state index contributed by atoms with van der Waals surface area (Å²) >= 11 is 12.5. The summed E-state index contributed by atoms with van der Waals surface area (Å²) in [6.07, 6.45) is 3.13. The second-order valence-corrected chi connectivity index (χ2v) is 8.05. The maximum absolute atomic E-state index is 13.1. The predicted octanol–water partition coefficient (Wildman–Crippen LogP) is 5.33. The number of methoxy groups -OCH3 is 1. The van der Waals surface area contributed by atoms with Crippen molar-refractivity contribution in [2.24, 2.45) is 0 Å². The number of Topliss-reactive ketones (excluding diaryl/α,β-unsaturated/α-hetero) is 1. The van der Waals surface area contributed by atoms with Crippen LogP contribution in [-0.4, -0.2) is 28.9 Å². The quantitative estimate of drug-likeness (QED) is 0.317. The Hall–Kier alpha value is -3.35. The number of ether oxygens (including phenoxy) is 1. The Labute approximate surface area is 194 Å². The van der Waals surface area contributed by atoms with Gasteiger partial charge in [-0.05, 0) is 54.4 Å². The number of pyridine rings is 1. The number of aromatic nitrogens is 1. The van der Waals surface area contributed by atoms with Crippen molar-refractivity contribution < 1.29 is 19.4 Å². The zero-order chi connectivity index (χ0) is 23.0. The summed E-state index contributed by atoms with van der Waals surface area (Å²) in [4.78, 5) is 31.7. The van der Waals surface area contributed by atoms with Crippen LogP contribution in [0.25, 0.3) is 5.76 Å². The highest BCUT2D eigenvalue weighted by Crippen LogP contribution is 2.43. The minimum absolute atomic E-state index is 0.0686. The summed E-state index contributed by atoms with van der Waals surface area (Å²) < 4.78 is 5.15. The summed E-state index contributed by atoms with van der Waals surface area (Å²) in [5.41, 5.74) is 2.04. The second kappa shape index (κ2) is 8.65. The van der Waals surface area contributed by atoms with Gasteiger partial charge < -0.3 is 9.84 Å². The molecule has 0 spiro atoms. The zero-order valence-electron chi connectivity index (χ0n) is 17.2. The van der Waals surface area contributed by atoms with Crippen molar-refractivity contribution in [2.75, 3.05) is 12.0 Å². The number of carbonyl (C=O) groups excluding carboxylic acids is 2. The minimum Gasteiger partial charge on any atom is -0.507 e. The molecular weight excluding hydrogens is 451 g/mol. The number of aliphatic hydroxyl groups is 1. The third-order valence-corrected chi connectivity index (χ3v) is 6.01. The molecule has 3 aromatic rings. The van der Waals surface area contributed by atoms with Crippen LogP contribution in [0.2, 0.25) is 10.0 Å². The summed E-state index contributed by atoms with van der Waals surface area (Å²) in [7, 11) is 1.47. The van der Waals surface area contributed by atoms with Gasteiger partial charge in [-0.1, -0.05) is 35.3 Å². The number of rotatable bonds is 4. The summed E-state index contributed by atoms with van der Waals surface area (Å²) in [6, 6.07) is 12.2. The smallest absolute Gasteiger partial charge is 0.300 e. The molecule has 32 heavy (non-hydrogen) atoms. The van der Waals surface area contributed by atoms with E-state index in [0.29, 0.717) is 22.0 Å². The van der Waals surface area contributed by atoms with Gasteiger partial charge in [-0.25, -0.2) is 0 Å². The van der Waals surface area contributed by atoms with E-state index in [-0.39, 0.29) is 21.9 Å². The number of ketones is 1. The first-order valence-electron chi connectivity index (χ1n) is 9.64. The second-order valence-electron chi connectivity index (χ2n) is 7.24. The van der Waals surface area contributed by atoms with Crippen LogP contribution in [0.4, 0.5) is 5.69 Å². The van der Waals surface area contributed by atoms with Crippen molar-refractivity contribution in [3.63, 3.8) is 0 Å². The van der Waals surface area contributed by atoms with E-state index in [1.165, 1.54) is 18.1 Å². The molecule has 1 N–H and O–H groups in total. The van der Waals surface area contributed by atoms with Crippen molar-refractivity contribution in [1.82, 2.24) is 4.98 Å². The molecule has 8 heteroatoms. The number of carbonyl (C=O) groups is 2. The highest BCUT2D eigenvalue weighted by Gasteiger charge is 2.47. The van der Waals surface area contributed by atoms with Crippen LogP contribution < -0.4 is 9.64 Å². The number of aryl methyl sites for hydroxylation is 1. The number of amides is 1. The van der Waals surface area contributed by atoms with Gasteiger partial charge in [0.2, 0.25) is 0 Å². The van der Waals surface area contributed by atoms with Gasteiger partial charge in [-0.3, -0.25) is 19.5 Å². The Morgan fingerprint density at radius 1 is 1.09 bits per heavy atom. The molecule has 0 aliphatic carbocycles. The number of halogens is 2. The van der Waals surface area contributed by atoms with Crippen LogP contribution in [0.15, 0.2) is 66.5 Å². The molecule has 6 nitrogen and oxygen atoms in total. The minimum atomic E-state index is -0.900. The molecule has 1 atom stereocenters. The molecule has 0 saturated carbocycles. The van der Waals surface area contributed by atoms with E-state index in [4.69, 9.17) is 27.9 Å². The third-order valence-electron chi connectivity index (χ3n) is 5.30. The molecule has 1 amide bonds. The Bertz CT molecular complexity index is 1260. The average molecular weight is 469 g/mol. The van der Waals surface area contributed by atoms with E-state index >= 15 is 0 Å². The molecule has 2 heterocycles. The van der Waals surface area contributed by atoms with Crippen LogP contribution in [0, 0.1) is 6.92 Å². The SMILES string of the molecule is COc1ccc(/C(O)=C2\C(=O)C(=O)N(c3ccc(C)c(Cl)c3)C2c2cccnc2)cc1Cl. The van der Waals surface area contributed by atoms with E-state index in [2.05, 4.69) is 4.98 Å². The van der Waals surface area contributed by atoms with Crippen LogP contribution >= 0.6 is 23.2 Å². The Balaban J connectivity index is 1.94. The number of anilines is 1. The molecule has 1 aliphatic rings. The molecule has 1 aliphatic heterocycles. The topological polar surface area (TPSA) is 79.7 Å². The lowest BCUT2D eigenvalue weighted by atomic mass is 9.96. The Kier molecular flexibility index (Phi) is 5.91. The first-order chi connectivity index (χ1) is 15.3. The zero-order valence-corrected chi connectivity index (χ0v) is 18.7. The standard InChI is InChI=1S/C24H18Cl2N2O4/c1-13-5-7-16(11-17(13)25)28-21(15-4-3-9-27-12-15)20(23(30)24(28)31)22(29)14-6-8-19(32-2)18(26)10-14/h3-12,21,29H,1-2H3/b22-20+. The van der Waals surface area contributed by atoms with Crippen molar-refractivity contribution in [3.05, 3.63) is 93.2 Å². The summed E-state index contributed by atoms with van der Waals surface area (Å²) in [5, 5.41) is 11.8. The van der Waals surface area contributed by atoms with E-state index in [1.54, 1.807) is 54.9 Å². The molecule has 1 saturated heterocycles. The van der Waals surface area contributed by atoms with E-state index < -0.39 is 17.7 Å². The molecule has 0 radical (unpaired) electrons. The van der Waals surface area contributed by atoms with Crippen LogP contribution in [0.1, 0.15) is 22.7 Å². The van der Waals surface area contributed by atoms with Crippen molar-refractivity contribution in [1.29, 1.82) is 0 Å². The van der Waals surface area contributed by atoms with Crippen molar-refractivity contribution >= 4 is 46.3 Å². The lowest BCUT2D eigenvalue weighted by Gasteiger charge is -2.25. The predicted molar refractivity (Wildman–Crippen MR) is 123 cm³/mol. The number of hydrogen-bond acceptors (Lipinski definition) is 5. The first kappa shape index (κ1) is 21.9. The van der Waals surface area contributed by atoms with Gasteiger partial charge in [-0.15, -0.1) is 0 Å². The fraction of sp³-hybridized carbons (Fsp3) is 0.125. The van der Waals surface area contributed by atoms with Crippen LogP contribution in [0.3, 0.4) is 0 Å². The maximum atomic E-state index is 13.1. The Morgan fingerprint density at radius 3 is 2.50 bits per heavy atom. The summed E-state index contributed by atoms with van der Waals surface area (Å²) in [5.74, 6) is -1.52. The molecule has 162 valence electrons. The molecule has 1 unspecified atom stereocenters. The fourth-order valence-electron chi connectivity index (χ4n) is 3.65. The van der Waals surface area contributed by atoms with E-state index in [9.17, 15) is 14.7 Å². The molecule has 4 rings (SSSR count). The van der Waals surface area contributed by atoms with Gasteiger partial charge in [0.25, 0.3) is 11.7 Å². The summed E-state index contributed by atoms with van der Waals surface area (Å²) in [6.45, 7) is 1.84. The Morgan fingerprint density at radius 2 is 1.88 bits per heavy atom. The molecule has 1 aromatic heterocycles. The normalized spacial score (nSPS) is 17.6. The number of nitrogens with zero attached hydrogens (tertiary/aromatic N) is 2.